The third-order valence-corrected chi connectivity index (χ3v) is 5.66. The molecule has 4 heteroatoms. The minimum Gasteiger partial charge on any atom is -0.448 e. The van der Waals surface area contributed by atoms with Crippen LogP contribution >= 0.6 is 0 Å². The Kier molecular flexibility index (Phi) is 4.16. The van der Waals surface area contributed by atoms with E-state index in [0.717, 1.165) is 6.42 Å². The molecule has 26 heavy (non-hydrogen) atoms. The van der Waals surface area contributed by atoms with Gasteiger partial charge in [0.25, 0.3) is 0 Å². The largest absolute Gasteiger partial charge is 0.448 e. The summed E-state index contributed by atoms with van der Waals surface area (Å²) in [5.41, 5.74) is 4.79. The predicted molar refractivity (Wildman–Crippen MR) is 99.6 cm³/mol. The molecule has 2 aromatic rings. The monoisotopic (exact) mass is 346 g/mol. The van der Waals surface area contributed by atoms with Gasteiger partial charge in [-0.2, -0.15) is 5.26 Å². The predicted octanol–water partition coefficient (Wildman–Crippen LogP) is 4.56. The van der Waals surface area contributed by atoms with Crippen molar-refractivity contribution in [2.45, 2.75) is 25.7 Å². The number of rotatable bonds is 3. The van der Waals surface area contributed by atoms with Crippen molar-refractivity contribution in [1.29, 1.82) is 5.26 Å². The lowest BCUT2D eigenvalue weighted by Gasteiger charge is -2.22. The summed E-state index contributed by atoms with van der Waals surface area (Å²) in [5.74, 6) is 0.0828. The number of likely N-dealkylation sites (tertiary alicyclic amines) is 1. The van der Waals surface area contributed by atoms with Gasteiger partial charge in [-0.15, -0.1) is 0 Å². The maximum Gasteiger partial charge on any atom is 0.409 e. The van der Waals surface area contributed by atoms with Gasteiger partial charge in [0.2, 0.25) is 0 Å². The van der Waals surface area contributed by atoms with Gasteiger partial charge < -0.3 is 9.64 Å². The summed E-state index contributed by atoms with van der Waals surface area (Å²) in [6.45, 7) is 3.66. The molecule has 4 nitrogen and oxygen atoms in total. The van der Waals surface area contributed by atoms with Crippen molar-refractivity contribution in [3.63, 3.8) is 0 Å². The molecule has 1 fully saturated rings. The van der Waals surface area contributed by atoms with Crippen molar-refractivity contribution in [3.05, 3.63) is 59.7 Å². The summed E-state index contributed by atoms with van der Waals surface area (Å²) >= 11 is 0. The number of carbonyl (C=O) groups excluding carboxylic acids is 1. The number of carbonyl (C=O) groups is 1. The number of amides is 1. The van der Waals surface area contributed by atoms with Gasteiger partial charge in [-0.25, -0.2) is 4.79 Å². The van der Waals surface area contributed by atoms with E-state index in [2.05, 4.69) is 37.3 Å². The van der Waals surface area contributed by atoms with Crippen LogP contribution in [-0.4, -0.2) is 30.7 Å². The minimum atomic E-state index is -0.270. The third-order valence-electron chi connectivity index (χ3n) is 5.66. The van der Waals surface area contributed by atoms with E-state index in [4.69, 9.17) is 10.00 Å². The first-order chi connectivity index (χ1) is 12.6. The van der Waals surface area contributed by atoms with Gasteiger partial charge in [0.15, 0.2) is 0 Å². The highest BCUT2D eigenvalue weighted by Crippen LogP contribution is 2.44. The van der Waals surface area contributed by atoms with Crippen LogP contribution in [0, 0.1) is 16.7 Å². The molecule has 0 radical (unpaired) electrons. The van der Waals surface area contributed by atoms with Gasteiger partial charge in [-0.05, 0) is 34.1 Å². The molecule has 4 rings (SSSR count). The average molecular weight is 346 g/mol. The Hall–Kier alpha value is -2.80. The van der Waals surface area contributed by atoms with Gasteiger partial charge >= 0.3 is 6.09 Å². The maximum atomic E-state index is 12.5. The Morgan fingerprint density at radius 2 is 1.81 bits per heavy atom. The Labute approximate surface area is 154 Å². The van der Waals surface area contributed by atoms with Gasteiger partial charge in [-0.3, -0.25) is 0 Å². The van der Waals surface area contributed by atoms with E-state index < -0.39 is 0 Å². The lowest BCUT2D eigenvalue weighted by molar-refractivity contribution is 0.104. The van der Waals surface area contributed by atoms with Crippen LogP contribution < -0.4 is 0 Å². The average Bonchev–Trinajstić information content (AvgIpc) is 3.19. The van der Waals surface area contributed by atoms with Crippen molar-refractivity contribution in [2.75, 3.05) is 19.7 Å². The lowest BCUT2D eigenvalue weighted by atomic mass is 9.87. The molecule has 1 aliphatic carbocycles. The number of benzene rings is 2. The highest BCUT2D eigenvalue weighted by atomic mass is 16.6. The highest BCUT2D eigenvalue weighted by Gasteiger charge is 2.37. The van der Waals surface area contributed by atoms with Crippen LogP contribution in [0.25, 0.3) is 11.1 Å². The van der Waals surface area contributed by atoms with Gasteiger partial charge in [0, 0.05) is 25.4 Å². The summed E-state index contributed by atoms with van der Waals surface area (Å²) in [5, 5.41) is 8.96. The maximum absolute atomic E-state index is 12.5. The second kappa shape index (κ2) is 6.49. The molecule has 2 aliphatic rings. The fourth-order valence-electron chi connectivity index (χ4n) is 4.20. The van der Waals surface area contributed by atoms with Gasteiger partial charge in [0.05, 0.1) is 6.07 Å². The molecule has 0 spiro atoms. The fourth-order valence-corrected chi connectivity index (χ4v) is 4.20. The van der Waals surface area contributed by atoms with Crippen molar-refractivity contribution in [1.82, 2.24) is 4.90 Å². The van der Waals surface area contributed by atoms with E-state index in [1.165, 1.54) is 22.3 Å². The molecule has 2 aromatic carbocycles. The van der Waals surface area contributed by atoms with Crippen molar-refractivity contribution >= 4 is 6.09 Å². The van der Waals surface area contributed by atoms with E-state index in [1.807, 2.05) is 24.3 Å². The highest BCUT2D eigenvalue weighted by molar-refractivity contribution is 5.79. The molecule has 0 aromatic heterocycles. The zero-order chi connectivity index (χ0) is 18.1. The van der Waals surface area contributed by atoms with Gasteiger partial charge in [0.1, 0.15) is 6.61 Å². The minimum absolute atomic E-state index is 0.0828. The van der Waals surface area contributed by atoms with Crippen LogP contribution in [0.15, 0.2) is 48.5 Å². The van der Waals surface area contributed by atoms with E-state index in [-0.39, 0.29) is 17.4 Å². The van der Waals surface area contributed by atoms with E-state index in [9.17, 15) is 4.79 Å². The van der Waals surface area contributed by atoms with Crippen LogP contribution in [0.4, 0.5) is 4.79 Å². The summed E-state index contributed by atoms with van der Waals surface area (Å²) in [7, 11) is 0. The Bertz CT molecular complexity index is 840. The first-order valence-electron chi connectivity index (χ1n) is 9.08. The Morgan fingerprint density at radius 1 is 1.19 bits per heavy atom. The van der Waals surface area contributed by atoms with E-state index in [1.54, 1.807) is 4.90 Å². The molecule has 1 amide bonds. The number of ether oxygens (including phenoxy) is 1. The molecule has 1 heterocycles. The normalized spacial score (nSPS) is 21.2. The summed E-state index contributed by atoms with van der Waals surface area (Å²) < 4.78 is 5.70. The third kappa shape index (κ3) is 2.84. The SMILES string of the molecule is CC1(CC#N)CCN(C(=O)OCC2c3ccccc3-c3ccccc32)C1. The van der Waals surface area contributed by atoms with E-state index >= 15 is 0 Å². The first-order valence-corrected chi connectivity index (χ1v) is 9.08. The van der Waals surface area contributed by atoms with Crippen LogP contribution in [0.3, 0.4) is 0 Å². The number of hydrogen-bond donors (Lipinski definition) is 0. The molecule has 1 atom stereocenters. The molecule has 0 bridgehead atoms. The summed E-state index contributed by atoms with van der Waals surface area (Å²) in [6, 6.07) is 18.9. The Balaban J connectivity index is 1.47. The number of fused-ring (bicyclic) bond motifs is 3. The zero-order valence-corrected chi connectivity index (χ0v) is 14.9. The number of nitriles is 1. The van der Waals surface area contributed by atoms with Crippen LogP contribution in [0.5, 0.6) is 0 Å². The van der Waals surface area contributed by atoms with Crippen LogP contribution in [0.2, 0.25) is 0 Å². The van der Waals surface area contributed by atoms with Gasteiger partial charge in [-0.1, -0.05) is 55.5 Å². The Morgan fingerprint density at radius 3 is 2.42 bits per heavy atom. The summed E-state index contributed by atoms with van der Waals surface area (Å²) in [6.07, 6.45) is 1.05. The second-order valence-electron chi connectivity index (χ2n) is 7.62. The molecule has 1 saturated heterocycles. The quantitative estimate of drug-likeness (QED) is 0.818. The smallest absolute Gasteiger partial charge is 0.409 e. The summed E-state index contributed by atoms with van der Waals surface area (Å²) in [4.78, 5) is 14.3. The number of nitrogens with zero attached hydrogens (tertiary/aromatic N) is 2. The molecule has 0 N–H and O–H groups in total. The first kappa shape index (κ1) is 16.7. The molecule has 132 valence electrons. The molecule has 1 unspecified atom stereocenters. The van der Waals surface area contributed by atoms with Crippen molar-refractivity contribution in [3.8, 4) is 17.2 Å². The number of hydrogen-bond acceptors (Lipinski definition) is 3. The molecule has 0 saturated carbocycles. The van der Waals surface area contributed by atoms with Crippen LogP contribution in [-0.2, 0) is 4.74 Å². The standard InChI is InChI=1S/C22H22N2O2/c1-22(10-12-23)11-13-24(15-22)21(25)26-14-20-18-8-4-2-6-16(18)17-7-3-5-9-19(17)20/h2-9,20H,10-11,13-15H2,1H3. The molecule has 1 aliphatic heterocycles. The molecular weight excluding hydrogens is 324 g/mol. The van der Waals surface area contributed by atoms with Crippen molar-refractivity contribution < 1.29 is 9.53 Å². The van der Waals surface area contributed by atoms with Crippen molar-refractivity contribution in [2.24, 2.45) is 5.41 Å². The second-order valence-corrected chi connectivity index (χ2v) is 7.62. The van der Waals surface area contributed by atoms with E-state index in [0.29, 0.717) is 26.1 Å². The molecular formula is C22H22N2O2. The lowest BCUT2D eigenvalue weighted by Crippen LogP contribution is -2.32. The van der Waals surface area contributed by atoms with Crippen LogP contribution in [0.1, 0.15) is 36.8 Å². The fraction of sp³-hybridized carbons (Fsp3) is 0.364. The topological polar surface area (TPSA) is 53.3 Å². The zero-order valence-electron chi connectivity index (χ0n) is 14.9.